The van der Waals surface area contributed by atoms with E-state index in [0.29, 0.717) is 6.54 Å². The molecule has 18 heavy (non-hydrogen) atoms. The van der Waals surface area contributed by atoms with Crippen LogP contribution in [0, 0.1) is 5.92 Å². The fourth-order valence-corrected chi connectivity index (χ4v) is 1.96. The molecule has 1 aliphatic rings. The largest absolute Gasteiger partial charge is 0.356 e. The van der Waals surface area contributed by atoms with Crippen LogP contribution in [0.2, 0.25) is 0 Å². The molecule has 1 saturated carbocycles. The second-order valence-electron chi connectivity index (χ2n) is 3.86. The van der Waals surface area contributed by atoms with Gasteiger partial charge in [-0.1, -0.05) is 0 Å². The van der Waals surface area contributed by atoms with Crippen LogP contribution in [0.25, 0.3) is 0 Å². The number of nitrogens with one attached hydrogen (secondary N) is 1. The Kier molecular flexibility index (Phi) is 5.84. The number of hydrogen-bond donors (Lipinski definition) is 5. The fraction of sp³-hybridized carbons (Fsp3) is 0.875. The topological polar surface area (TPSA) is 135 Å². The van der Waals surface area contributed by atoms with Crippen LogP contribution in [0.3, 0.4) is 0 Å². The third kappa shape index (κ3) is 4.44. The van der Waals surface area contributed by atoms with Crippen molar-refractivity contribution < 1.29 is 35.3 Å². The van der Waals surface area contributed by atoms with E-state index in [4.69, 9.17) is 20.8 Å². The quantitative estimate of drug-likeness (QED) is 0.395. The van der Waals surface area contributed by atoms with Crippen molar-refractivity contribution in [2.75, 3.05) is 6.54 Å². The van der Waals surface area contributed by atoms with E-state index >= 15 is 0 Å². The maximum absolute atomic E-state index is 11.6. The molecule has 0 aromatic heterocycles. The molecule has 10 heteroatoms. The lowest BCUT2D eigenvalue weighted by molar-refractivity contribution is -0.535. The Morgan fingerprint density at radius 2 is 1.61 bits per heavy atom. The summed E-state index contributed by atoms with van der Waals surface area (Å²) in [6, 6.07) is 0. The zero-order valence-electron chi connectivity index (χ0n) is 9.76. The molecular weight excluding hydrogens is 250 g/mol. The predicted molar refractivity (Wildman–Crippen MR) is 52.0 cm³/mol. The molecule has 0 unspecified atom stereocenters. The minimum Gasteiger partial charge on any atom is -0.356 e. The van der Waals surface area contributed by atoms with Crippen molar-refractivity contribution in [2.45, 2.75) is 32.0 Å². The molecule has 3 atom stereocenters. The van der Waals surface area contributed by atoms with Gasteiger partial charge in [0.2, 0.25) is 5.91 Å². The van der Waals surface area contributed by atoms with Crippen LogP contribution in [0.4, 0.5) is 0 Å². The van der Waals surface area contributed by atoms with E-state index in [-0.39, 0.29) is 18.7 Å². The first-order chi connectivity index (χ1) is 8.43. The van der Waals surface area contributed by atoms with Crippen molar-refractivity contribution in [1.29, 1.82) is 0 Å². The van der Waals surface area contributed by atoms with Crippen LogP contribution in [0.15, 0.2) is 0 Å². The average molecular weight is 267 g/mol. The Labute approximate surface area is 103 Å². The molecule has 10 nitrogen and oxygen atoms in total. The van der Waals surface area contributed by atoms with Crippen molar-refractivity contribution in [3.8, 4) is 0 Å². The fourth-order valence-electron chi connectivity index (χ4n) is 1.96. The van der Waals surface area contributed by atoms with E-state index < -0.39 is 28.9 Å². The van der Waals surface area contributed by atoms with Gasteiger partial charge in [0.05, 0.1) is 10.8 Å². The first kappa shape index (κ1) is 15.2. The zero-order chi connectivity index (χ0) is 13.7. The average Bonchev–Trinajstić information content (AvgIpc) is 2.60. The Morgan fingerprint density at radius 3 is 1.94 bits per heavy atom. The third-order valence-corrected chi connectivity index (χ3v) is 2.63. The highest BCUT2D eigenvalue weighted by molar-refractivity contribution is 5.79. The highest BCUT2D eigenvalue weighted by Crippen LogP contribution is 2.31. The third-order valence-electron chi connectivity index (χ3n) is 2.63. The van der Waals surface area contributed by atoms with E-state index in [1.54, 1.807) is 6.92 Å². The molecule has 1 fully saturated rings. The Morgan fingerprint density at radius 1 is 1.17 bits per heavy atom. The number of nitrogens with zero attached hydrogens (tertiary/aromatic N) is 2. The Balaban J connectivity index is 2.60. The molecule has 0 bridgehead atoms. The number of carbonyl (C=O) groups is 1. The molecule has 106 valence electrons. The summed E-state index contributed by atoms with van der Waals surface area (Å²) in [5, 5.41) is 35.9. The van der Waals surface area contributed by atoms with Gasteiger partial charge in [-0.25, -0.2) is 9.68 Å². The van der Waals surface area contributed by atoms with Crippen molar-refractivity contribution in [3.63, 3.8) is 0 Å². The lowest BCUT2D eigenvalue weighted by Gasteiger charge is -2.20. The molecule has 0 spiro atoms. The van der Waals surface area contributed by atoms with Crippen LogP contribution < -0.4 is 5.32 Å². The van der Waals surface area contributed by atoms with Gasteiger partial charge in [-0.05, 0) is 19.8 Å². The molecular formula is C8H17N3O7. The molecule has 0 aromatic rings. The highest BCUT2D eigenvalue weighted by Gasteiger charge is 2.41. The maximum atomic E-state index is 11.6. The van der Waals surface area contributed by atoms with Gasteiger partial charge in [0.15, 0.2) is 0 Å². The summed E-state index contributed by atoms with van der Waals surface area (Å²) < 4.78 is 0. The van der Waals surface area contributed by atoms with E-state index in [9.17, 15) is 4.79 Å². The molecule has 1 rings (SSSR count). The van der Waals surface area contributed by atoms with Gasteiger partial charge in [0, 0.05) is 12.5 Å². The van der Waals surface area contributed by atoms with Crippen LogP contribution in [-0.2, 0) is 14.5 Å². The summed E-state index contributed by atoms with van der Waals surface area (Å²) in [5.41, 5.74) is 0. The molecule has 0 saturated heterocycles. The van der Waals surface area contributed by atoms with Gasteiger partial charge in [0.1, 0.15) is 12.2 Å². The molecule has 5 N–H and O–H groups in total. The first-order valence-electron chi connectivity index (χ1n) is 5.41. The predicted octanol–water partition coefficient (Wildman–Crippen LogP) is -0.706. The van der Waals surface area contributed by atoms with Gasteiger partial charge in [-0.2, -0.15) is 0 Å². The Hall–Kier alpha value is -0.850. The van der Waals surface area contributed by atoms with Gasteiger partial charge >= 0.3 is 0 Å². The van der Waals surface area contributed by atoms with Crippen molar-refractivity contribution >= 4 is 5.91 Å². The lowest BCUT2D eigenvalue weighted by Crippen LogP contribution is -2.35. The van der Waals surface area contributed by atoms with Crippen LogP contribution in [-0.4, -0.2) is 56.3 Å². The molecule has 0 aromatic carbocycles. The normalized spacial score (nSPS) is 28.1. The van der Waals surface area contributed by atoms with Crippen LogP contribution >= 0.6 is 0 Å². The van der Waals surface area contributed by atoms with Gasteiger partial charge in [-0.15, -0.1) is 0 Å². The van der Waals surface area contributed by atoms with Crippen molar-refractivity contribution in [1.82, 2.24) is 16.1 Å². The standard InChI is InChI=1S/C8H17N3O7/c1-2-9-8(12)5-3-6(17-10(13)14)7(4-5)18-11(15)16/h5-7,13-16H,2-4H2,1H3,(H,9,12)/t5-,6-,7+. The monoisotopic (exact) mass is 267 g/mol. The van der Waals surface area contributed by atoms with Gasteiger partial charge < -0.3 is 5.32 Å². The molecule has 0 heterocycles. The second-order valence-corrected chi connectivity index (χ2v) is 3.86. The van der Waals surface area contributed by atoms with Crippen LogP contribution in [0.5, 0.6) is 0 Å². The SMILES string of the molecule is CCNC(=O)[C@H]1C[C@H](ON(O)O)[C@H](ON(O)O)C1. The minimum atomic E-state index is -0.894. The molecule has 0 aliphatic heterocycles. The highest BCUT2D eigenvalue weighted by atomic mass is 17.1. The number of carbonyl (C=O) groups excluding carboxylic acids is 1. The summed E-state index contributed by atoms with van der Waals surface area (Å²) in [5.74, 6) is -0.707. The number of amides is 1. The van der Waals surface area contributed by atoms with E-state index in [1.165, 1.54) is 0 Å². The summed E-state index contributed by atoms with van der Waals surface area (Å²) >= 11 is 0. The van der Waals surface area contributed by atoms with Crippen molar-refractivity contribution in [3.05, 3.63) is 0 Å². The lowest BCUT2D eigenvalue weighted by atomic mass is 10.1. The van der Waals surface area contributed by atoms with Gasteiger partial charge in [0.25, 0.3) is 0 Å². The summed E-state index contributed by atoms with van der Waals surface area (Å²) in [4.78, 5) is 20.8. The maximum Gasteiger partial charge on any atom is 0.223 e. The first-order valence-corrected chi connectivity index (χ1v) is 5.41. The second kappa shape index (κ2) is 6.92. The number of hydrogen-bond acceptors (Lipinski definition) is 9. The van der Waals surface area contributed by atoms with E-state index in [1.807, 2.05) is 0 Å². The van der Waals surface area contributed by atoms with E-state index in [2.05, 4.69) is 15.0 Å². The summed E-state index contributed by atoms with van der Waals surface area (Å²) in [6.07, 6.45) is -1.48. The minimum absolute atomic E-state index is 0.155. The smallest absolute Gasteiger partial charge is 0.223 e. The number of rotatable bonds is 6. The molecule has 1 aliphatic carbocycles. The zero-order valence-corrected chi connectivity index (χ0v) is 9.76. The summed E-state index contributed by atoms with van der Waals surface area (Å²) in [6.45, 7) is 2.23. The van der Waals surface area contributed by atoms with Gasteiger partial charge in [-0.3, -0.25) is 25.6 Å². The van der Waals surface area contributed by atoms with E-state index in [0.717, 1.165) is 0 Å². The van der Waals surface area contributed by atoms with Crippen molar-refractivity contribution in [2.24, 2.45) is 5.92 Å². The Bertz CT molecular complexity index is 257. The molecule has 0 radical (unpaired) electrons. The molecule has 1 amide bonds. The van der Waals surface area contributed by atoms with Crippen LogP contribution in [0.1, 0.15) is 19.8 Å². The summed E-state index contributed by atoms with van der Waals surface area (Å²) in [7, 11) is 0.